The number of carbonyl (C=O) groups is 3. The number of Topliss-reactive ketones (excluding diaryl/α,β-unsaturated/α-hetero) is 1. The number of hydrogen-bond donors (Lipinski definition) is 2. The molecule has 0 bridgehead atoms. The summed E-state index contributed by atoms with van der Waals surface area (Å²) in [6.07, 6.45) is 0. The van der Waals surface area contributed by atoms with E-state index in [9.17, 15) is 14.4 Å². The second-order valence-electron chi connectivity index (χ2n) is 3.25. The zero-order chi connectivity index (χ0) is 11.2. The Bertz CT molecular complexity index is 504. The molecule has 1 aromatic carbocycles. The first-order valence-corrected chi connectivity index (χ1v) is 4.25. The Morgan fingerprint density at radius 2 is 2.00 bits per heavy atom. The van der Waals surface area contributed by atoms with E-state index in [0.29, 0.717) is 11.3 Å². The molecule has 15 heavy (non-hydrogen) atoms. The number of benzene rings is 1. The maximum Gasteiger partial charge on any atom is 0.336 e. The molecule has 1 aliphatic rings. The van der Waals surface area contributed by atoms with Crippen LogP contribution < -0.4 is 5.32 Å². The van der Waals surface area contributed by atoms with Crippen molar-refractivity contribution in [1.29, 1.82) is 0 Å². The Morgan fingerprint density at radius 1 is 1.33 bits per heavy atom. The van der Waals surface area contributed by atoms with Gasteiger partial charge >= 0.3 is 5.97 Å². The number of amides is 1. The summed E-state index contributed by atoms with van der Waals surface area (Å²) in [6, 6.07) is 2.68. The fourth-order valence-electron chi connectivity index (χ4n) is 1.59. The van der Waals surface area contributed by atoms with Gasteiger partial charge in [0, 0.05) is 0 Å². The molecule has 0 unspecified atom stereocenters. The molecule has 0 saturated carbocycles. The van der Waals surface area contributed by atoms with Crippen molar-refractivity contribution in [2.75, 3.05) is 5.32 Å². The van der Waals surface area contributed by atoms with Crippen LogP contribution in [-0.4, -0.2) is 22.8 Å². The number of carboxylic acids is 1. The largest absolute Gasteiger partial charge is 0.478 e. The number of fused-ring (bicyclic) bond motifs is 1. The molecule has 2 rings (SSSR count). The van der Waals surface area contributed by atoms with Crippen molar-refractivity contribution in [2.24, 2.45) is 0 Å². The highest BCUT2D eigenvalue weighted by Gasteiger charge is 2.30. The van der Waals surface area contributed by atoms with Gasteiger partial charge < -0.3 is 10.4 Å². The van der Waals surface area contributed by atoms with Gasteiger partial charge in [0.15, 0.2) is 0 Å². The van der Waals surface area contributed by atoms with Crippen LogP contribution in [0.5, 0.6) is 0 Å². The van der Waals surface area contributed by atoms with E-state index in [2.05, 4.69) is 5.32 Å². The van der Waals surface area contributed by atoms with Gasteiger partial charge in [-0.1, -0.05) is 0 Å². The monoisotopic (exact) mass is 205 g/mol. The van der Waals surface area contributed by atoms with Gasteiger partial charge in [-0.3, -0.25) is 9.59 Å². The summed E-state index contributed by atoms with van der Waals surface area (Å²) < 4.78 is 0. The van der Waals surface area contributed by atoms with E-state index in [4.69, 9.17) is 5.11 Å². The molecule has 0 radical (unpaired) electrons. The molecular formula is C10H7NO4. The molecule has 0 fully saturated rings. The number of rotatable bonds is 1. The van der Waals surface area contributed by atoms with E-state index in [0.717, 1.165) is 0 Å². The summed E-state index contributed by atoms with van der Waals surface area (Å²) in [4.78, 5) is 33.1. The molecule has 0 atom stereocenters. The third-order valence-electron chi connectivity index (χ3n) is 2.38. The van der Waals surface area contributed by atoms with E-state index in [1.54, 1.807) is 6.92 Å². The number of carboxylic acid groups (broad SMARTS) is 1. The van der Waals surface area contributed by atoms with E-state index >= 15 is 0 Å². The van der Waals surface area contributed by atoms with Crippen LogP contribution in [0.4, 0.5) is 5.69 Å². The zero-order valence-electron chi connectivity index (χ0n) is 7.83. The summed E-state index contributed by atoms with van der Waals surface area (Å²) in [5.41, 5.74) is 1.04. The van der Waals surface area contributed by atoms with Gasteiger partial charge in [0.25, 0.3) is 11.7 Å². The van der Waals surface area contributed by atoms with Crippen LogP contribution in [0.1, 0.15) is 26.3 Å². The number of aromatic carboxylic acids is 1. The number of ketones is 1. The quantitative estimate of drug-likeness (QED) is 0.665. The summed E-state index contributed by atoms with van der Waals surface area (Å²) in [7, 11) is 0. The fourth-order valence-corrected chi connectivity index (χ4v) is 1.59. The van der Waals surface area contributed by atoms with Crippen LogP contribution in [0.25, 0.3) is 0 Å². The first-order chi connectivity index (χ1) is 7.02. The standard InChI is InChI=1S/C10H7NO4/c1-4-5(10(14)15)2-3-6-7(4)11-9(13)8(6)12/h2-3H,1H3,(H,14,15)(H,11,12,13). The number of nitrogens with one attached hydrogen (secondary N) is 1. The molecule has 0 aromatic heterocycles. The fraction of sp³-hybridized carbons (Fsp3) is 0.100. The summed E-state index contributed by atoms with van der Waals surface area (Å²) >= 11 is 0. The Morgan fingerprint density at radius 3 is 2.60 bits per heavy atom. The number of anilines is 1. The van der Waals surface area contributed by atoms with E-state index in [1.165, 1.54) is 12.1 Å². The van der Waals surface area contributed by atoms with Crippen LogP contribution in [0.3, 0.4) is 0 Å². The van der Waals surface area contributed by atoms with Crippen molar-refractivity contribution in [1.82, 2.24) is 0 Å². The van der Waals surface area contributed by atoms with Gasteiger partial charge in [-0.05, 0) is 24.6 Å². The van der Waals surface area contributed by atoms with Gasteiger partial charge in [-0.2, -0.15) is 0 Å². The molecule has 76 valence electrons. The Balaban J connectivity index is 2.67. The van der Waals surface area contributed by atoms with Crippen LogP contribution in [-0.2, 0) is 4.79 Å². The first kappa shape index (κ1) is 9.39. The lowest BCUT2D eigenvalue weighted by Crippen LogP contribution is -2.12. The molecule has 1 heterocycles. The molecular weight excluding hydrogens is 198 g/mol. The van der Waals surface area contributed by atoms with Crippen molar-refractivity contribution in [3.63, 3.8) is 0 Å². The van der Waals surface area contributed by atoms with Gasteiger partial charge in [0.05, 0.1) is 16.8 Å². The Kier molecular flexibility index (Phi) is 1.82. The smallest absolute Gasteiger partial charge is 0.336 e. The predicted octanol–water partition coefficient (Wildman–Crippen LogP) is 0.828. The van der Waals surface area contributed by atoms with Crippen LogP contribution in [0.2, 0.25) is 0 Å². The molecule has 0 saturated heterocycles. The van der Waals surface area contributed by atoms with Gasteiger partial charge in [0.2, 0.25) is 0 Å². The minimum absolute atomic E-state index is 0.0868. The van der Waals surface area contributed by atoms with E-state index in [1.807, 2.05) is 0 Å². The van der Waals surface area contributed by atoms with Gasteiger partial charge in [-0.15, -0.1) is 0 Å². The van der Waals surface area contributed by atoms with Crippen LogP contribution >= 0.6 is 0 Å². The maximum absolute atomic E-state index is 11.3. The zero-order valence-corrected chi connectivity index (χ0v) is 7.83. The van der Waals surface area contributed by atoms with Gasteiger partial charge in [0.1, 0.15) is 0 Å². The molecule has 1 amide bonds. The molecule has 5 nitrogen and oxygen atoms in total. The number of hydrogen-bond acceptors (Lipinski definition) is 3. The highest BCUT2D eigenvalue weighted by Crippen LogP contribution is 2.29. The molecule has 0 spiro atoms. The van der Waals surface area contributed by atoms with Crippen molar-refractivity contribution < 1.29 is 19.5 Å². The molecule has 5 heteroatoms. The Hall–Kier alpha value is -2.17. The first-order valence-electron chi connectivity index (χ1n) is 4.25. The second kappa shape index (κ2) is 2.91. The summed E-state index contributed by atoms with van der Waals surface area (Å²) in [6.45, 7) is 1.56. The van der Waals surface area contributed by atoms with E-state index < -0.39 is 17.7 Å². The third kappa shape index (κ3) is 1.20. The minimum Gasteiger partial charge on any atom is -0.478 e. The van der Waals surface area contributed by atoms with Crippen LogP contribution in [0.15, 0.2) is 12.1 Å². The molecule has 2 N–H and O–H groups in total. The lowest BCUT2D eigenvalue weighted by Gasteiger charge is -2.05. The molecule has 1 aliphatic heterocycles. The highest BCUT2D eigenvalue weighted by atomic mass is 16.4. The van der Waals surface area contributed by atoms with Crippen molar-refractivity contribution in [3.05, 3.63) is 28.8 Å². The predicted molar refractivity (Wildman–Crippen MR) is 51.1 cm³/mol. The molecule has 0 aliphatic carbocycles. The van der Waals surface area contributed by atoms with Crippen molar-refractivity contribution in [3.8, 4) is 0 Å². The maximum atomic E-state index is 11.3. The third-order valence-corrected chi connectivity index (χ3v) is 2.38. The lowest BCUT2D eigenvalue weighted by atomic mass is 10.0. The Labute approximate surface area is 84.7 Å². The van der Waals surface area contributed by atoms with Crippen molar-refractivity contribution in [2.45, 2.75) is 6.92 Å². The van der Waals surface area contributed by atoms with Crippen molar-refractivity contribution >= 4 is 23.3 Å². The second-order valence-corrected chi connectivity index (χ2v) is 3.25. The summed E-state index contributed by atoms with van der Waals surface area (Å²) in [5, 5.41) is 11.2. The minimum atomic E-state index is -1.08. The SMILES string of the molecule is Cc1c(C(=O)O)ccc2c1NC(=O)C2=O. The summed E-state index contributed by atoms with van der Waals surface area (Å²) in [5.74, 6) is -2.41. The number of carbonyl (C=O) groups excluding carboxylic acids is 2. The average Bonchev–Trinajstić information content (AvgIpc) is 2.45. The van der Waals surface area contributed by atoms with E-state index in [-0.39, 0.29) is 11.1 Å². The highest BCUT2D eigenvalue weighted by molar-refractivity contribution is 6.51. The molecule has 1 aromatic rings. The van der Waals surface area contributed by atoms with Gasteiger partial charge in [-0.25, -0.2) is 4.79 Å². The topological polar surface area (TPSA) is 83.5 Å². The lowest BCUT2D eigenvalue weighted by molar-refractivity contribution is -0.112. The van der Waals surface area contributed by atoms with Crippen LogP contribution in [0, 0.1) is 6.92 Å². The average molecular weight is 205 g/mol. The normalized spacial score (nSPS) is 13.7.